The fraction of sp³-hybridized carbons (Fsp3) is 0.632. The SMILES string of the molecule is CC1CCCCN1C(=O)NC(CC(C)(C)C)c1ccccc1. The van der Waals surface area contributed by atoms with Crippen molar-refractivity contribution in [2.75, 3.05) is 6.54 Å². The summed E-state index contributed by atoms with van der Waals surface area (Å²) in [6, 6.07) is 10.8. The van der Waals surface area contributed by atoms with Gasteiger partial charge in [0.2, 0.25) is 0 Å². The van der Waals surface area contributed by atoms with E-state index in [2.05, 4.69) is 45.1 Å². The Morgan fingerprint density at radius 1 is 1.27 bits per heavy atom. The second-order valence-corrected chi connectivity index (χ2v) is 7.72. The lowest BCUT2D eigenvalue weighted by atomic mass is 9.85. The summed E-state index contributed by atoms with van der Waals surface area (Å²) in [6.45, 7) is 9.69. The summed E-state index contributed by atoms with van der Waals surface area (Å²) >= 11 is 0. The lowest BCUT2D eigenvalue weighted by Crippen LogP contribution is -2.48. The van der Waals surface area contributed by atoms with Gasteiger partial charge in [0, 0.05) is 12.6 Å². The summed E-state index contributed by atoms with van der Waals surface area (Å²) < 4.78 is 0. The van der Waals surface area contributed by atoms with Gasteiger partial charge in [-0.25, -0.2) is 4.79 Å². The number of urea groups is 1. The number of benzene rings is 1. The molecule has 1 saturated heterocycles. The van der Waals surface area contributed by atoms with Gasteiger partial charge >= 0.3 is 6.03 Å². The van der Waals surface area contributed by atoms with Gasteiger partial charge in [-0.2, -0.15) is 0 Å². The number of likely N-dealkylation sites (tertiary alicyclic amines) is 1. The van der Waals surface area contributed by atoms with Crippen molar-refractivity contribution in [3.05, 3.63) is 35.9 Å². The largest absolute Gasteiger partial charge is 0.331 e. The molecule has 1 aliphatic rings. The van der Waals surface area contributed by atoms with Crippen LogP contribution in [0.2, 0.25) is 0 Å². The first kappa shape index (κ1) is 16.9. The number of carbonyl (C=O) groups excluding carboxylic acids is 1. The minimum absolute atomic E-state index is 0.0721. The molecule has 3 heteroatoms. The molecule has 1 fully saturated rings. The highest BCUT2D eigenvalue weighted by Crippen LogP contribution is 2.30. The van der Waals surface area contributed by atoms with Crippen LogP contribution in [0.1, 0.15) is 65.0 Å². The molecule has 2 rings (SSSR count). The van der Waals surface area contributed by atoms with Crippen LogP contribution < -0.4 is 5.32 Å². The monoisotopic (exact) mass is 302 g/mol. The number of nitrogens with zero attached hydrogens (tertiary/aromatic N) is 1. The lowest BCUT2D eigenvalue weighted by molar-refractivity contribution is 0.152. The van der Waals surface area contributed by atoms with Gasteiger partial charge < -0.3 is 10.2 Å². The van der Waals surface area contributed by atoms with Crippen molar-refractivity contribution in [2.24, 2.45) is 5.41 Å². The van der Waals surface area contributed by atoms with Crippen LogP contribution in [-0.4, -0.2) is 23.5 Å². The molecule has 2 amide bonds. The normalized spacial score (nSPS) is 20.5. The highest BCUT2D eigenvalue weighted by atomic mass is 16.2. The number of rotatable bonds is 3. The number of hydrogen-bond donors (Lipinski definition) is 1. The molecular weight excluding hydrogens is 272 g/mol. The molecule has 2 unspecified atom stereocenters. The maximum atomic E-state index is 12.7. The van der Waals surface area contributed by atoms with E-state index in [-0.39, 0.29) is 17.5 Å². The Morgan fingerprint density at radius 3 is 2.55 bits per heavy atom. The van der Waals surface area contributed by atoms with Crippen molar-refractivity contribution in [3.63, 3.8) is 0 Å². The Labute approximate surface area is 135 Å². The Balaban J connectivity index is 2.10. The van der Waals surface area contributed by atoms with Crippen LogP contribution in [0, 0.1) is 5.41 Å². The zero-order valence-corrected chi connectivity index (χ0v) is 14.4. The summed E-state index contributed by atoms with van der Waals surface area (Å²) in [6.07, 6.45) is 4.40. The Hall–Kier alpha value is -1.51. The minimum atomic E-state index is 0.0721. The van der Waals surface area contributed by atoms with Crippen LogP contribution in [0.25, 0.3) is 0 Å². The molecule has 1 aromatic rings. The van der Waals surface area contributed by atoms with Crippen LogP contribution in [0.4, 0.5) is 4.79 Å². The topological polar surface area (TPSA) is 32.3 Å². The predicted molar refractivity (Wildman–Crippen MR) is 91.8 cm³/mol. The van der Waals surface area contributed by atoms with Gasteiger partial charge in [0.05, 0.1) is 6.04 Å². The zero-order valence-electron chi connectivity index (χ0n) is 14.4. The molecule has 0 radical (unpaired) electrons. The Bertz CT molecular complexity index is 478. The van der Waals surface area contributed by atoms with Gasteiger partial charge in [-0.15, -0.1) is 0 Å². The van der Waals surface area contributed by atoms with Crippen LogP contribution in [0.3, 0.4) is 0 Å². The summed E-state index contributed by atoms with van der Waals surface area (Å²) in [4.78, 5) is 14.7. The van der Waals surface area contributed by atoms with Crippen molar-refractivity contribution in [1.82, 2.24) is 10.2 Å². The number of carbonyl (C=O) groups is 1. The van der Waals surface area contributed by atoms with E-state index in [0.29, 0.717) is 6.04 Å². The lowest BCUT2D eigenvalue weighted by Gasteiger charge is -2.36. The maximum Gasteiger partial charge on any atom is 0.318 e. The number of amides is 2. The van der Waals surface area contributed by atoms with Gasteiger partial charge in [-0.05, 0) is 43.6 Å². The molecule has 0 aliphatic carbocycles. The van der Waals surface area contributed by atoms with E-state index >= 15 is 0 Å². The van der Waals surface area contributed by atoms with Crippen molar-refractivity contribution >= 4 is 6.03 Å². The van der Waals surface area contributed by atoms with Crippen LogP contribution >= 0.6 is 0 Å². The Morgan fingerprint density at radius 2 is 1.95 bits per heavy atom. The summed E-state index contributed by atoms with van der Waals surface area (Å²) in [7, 11) is 0. The van der Waals surface area contributed by atoms with Crippen molar-refractivity contribution in [3.8, 4) is 0 Å². The van der Waals surface area contributed by atoms with Gasteiger partial charge in [0.15, 0.2) is 0 Å². The first-order valence-corrected chi connectivity index (χ1v) is 8.49. The van der Waals surface area contributed by atoms with E-state index in [1.165, 1.54) is 12.0 Å². The first-order chi connectivity index (χ1) is 10.4. The standard InChI is InChI=1S/C19H30N2O/c1-15-10-8-9-13-21(15)18(22)20-17(14-19(2,3)4)16-11-6-5-7-12-16/h5-7,11-12,15,17H,8-10,13-14H2,1-4H3,(H,20,22). The van der Waals surface area contributed by atoms with E-state index in [0.717, 1.165) is 25.8 Å². The molecule has 0 saturated carbocycles. The average Bonchev–Trinajstić information content (AvgIpc) is 2.46. The first-order valence-electron chi connectivity index (χ1n) is 8.49. The highest BCUT2D eigenvalue weighted by Gasteiger charge is 2.27. The average molecular weight is 302 g/mol. The molecule has 22 heavy (non-hydrogen) atoms. The third-order valence-electron chi connectivity index (χ3n) is 4.38. The third-order valence-corrected chi connectivity index (χ3v) is 4.38. The summed E-state index contributed by atoms with van der Waals surface area (Å²) in [5, 5.41) is 3.28. The van der Waals surface area contributed by atoms with E-state index in [4.69, 9.17) is 0 Å². The summed E-state index contributed by atoms with van der Waals surface area (Å²) in [5.41, 5.74) is 1.36. The van der Waals surface area contributed by atoms with Crippen LogP contribution in [0.15, 0.2) is 30.3 Å². The quantitative estimate of drug-likeness (QED) is 0.858. The minimum Gasteiger partial charge on any atom is -0.331 e. The van der Waals surface area contributed by atoms with Crippen molar-refractivity contribution in [2.45, 2.75) is 65.5 Å². The maximum absolute atomic E-state index is 12.7. The van der Waals surface area contributed by atoms with Crippen molar-refractivity contribution < 1.29 is 4.79 Å². The van der Waals surface area contributed by atoms with Gasteiger partial charge in [0.1, 0.15) is 0 Å². The molecule has 1 aliphatic heterocycles. The summed E-state index contributed by atoms with van der Waals surface area (Å²) in [5.74, 6) is 0. The molecule has 1 heterocycles. The molecule has 1 N–H and O–H groups in total. The molecule has 2 atom stereocenters. The van der Waals surface area contributed by atoms with Crippen molar-refractivity contribution in [1.29, 1.82) is 0 Å². The molecule has 0 bridgehead atoms. The molecular formula is C19H30N2O. The van der Waals surface area contributed by atoms with Gasteiger partial charge in [-0.1, -0.05) is 51.1 Å². The van der Waals surface area contributed by atoms with Crippen LogP contribution in [-0.2, 0) is 0 Å². The van der Waals surface area contributed by atoms with E-state index in [9.17, 15) is 4.79 Å². The van der Waals surface area contributed by atoms with Gasteiger partial charge in [0.25, 0.3) is 0 Å². The van der Waals surface area contributed by atoms with E-state index in [1.807, 2.05) is 23.1 Å². The number of hydrogen-bond acceptors (Lipinski definition) is 1. The van der Waals surface area contributed by atoms with E-state index in [1.54, 1.807) is 0 Å². The van der Waals surface area contributed by atoms with Gasteiger partial charge in [-0.3, -0.25) is 0 Å². The molecule has 122 valence electrons. The fourth-order valence-electron chi connectivity index (χ4n) is 3.18. The zero-order chi connectivity index (χ0) is 16.2. The van der Waals surface area contributed by atoms with Crippen LogP contribution in [0.5, 0.6) is 0 Å². The number of piperidine rings is 1. The van der Waals surface area contributed by atoms with E-state index < -0.39 is 0 Å². The number of nitrogens with one attached hydrogen (secondary N) is 1. The second-order valence-electron chi connectivity index (χ2n) is 7.72. The molecule has 3 nitrogen and oxygen atoms in total. The highest BCUT2D eigenvalue weighted by molar-refractivity contribution is 5.75. The molecule has 0 aromatic heterocycles. The fourth-order valence-corrected chi connectivity index (χ4v) is 3.18. The smallest absolute Gasteiger partial charge is 0.318 e. The predicted octanol–water partition coefficient (Wildman–Crippen LogP) is 4.75. The molecule has 1 aromatic carbocycles. The Kier molecular flexibility index (Phi) is 5.49. The molecule has 0 spiro atoms. The second kappa shape index (κ2) is 7.17. The third kappa shape index (κ3) is 4.75.